The molecule has 0 fully saturated rings. The first-order valence-electron chi connectivity index (χ1n) is 18.7. The second-order valence-corrected chi connectivity index (χ2v) is 13.9. The van der Waals surface area contributed by atoms with Crippen LogP contribution in [0.5, 0.6) is 0 Å². The number of nitrogens with zero attached hydrogens (tertiary/aromatic N) is 3. The van der Waals surface area contributed by atoms with Crippen LogP contribution in [-0.2, 0) is 0 Å². The van der Waals surface area contributed by atoms with E-state index in [1.165, 1.54) is 16.7 Å². The van der Waals surface area contributed by atoms with E-state index in [4.69, 9.17) is 19.4 Å². The van der Waals surface area contributed by atoms with Crippen molar-refractivity contribution >= 4 is 21.9 Å². The molecule has 0 saturated heterocycles. The third kappa shape index (κ3) is 6.24. The Hall–Kier alpha value is -7.17. The summed E-state index contributed by atoms with van der Waals surface area (Å²) in [5.74, 6) is 2.24. The quantitative estimate of drug-likeness (QED) is 0.166. The zero-order chi connectivity index (χ0) is 36.6. The maximum absolute atomic E-state index is 6.43. The minimum Gasteiger partial charge on any atom is -0.456 e. The number of hydrogen-bond donors (Lipinski definition) is 0. The average Bonchev–Trinajstić information content (AvgIpc) is 3.66. The lowest BCUT2D eigenvalue weighted by Gasteiger charge is -2.14. The fourth-order valence-electron chi connectivity index (χ4n) is 7.66. The van der Waals surface area contributed by atoms with Crippen LogP contribution in [0.4, 0.5) is 0 Å². The lowest BCUT2D eigenvalue weighted by atomic mass is 9.91. The molecule has 0 radical (unpaired) electrons. The van der Waals surface area contributed by atoms with Gasteiger partial charge in [-0.25, -0.2) is 15.0 Å². The standard InChI is InChI=1S/C51H35N3O/c1-4-12-34(13-5-1)36-20-22-38(23-21-36)39-26-30-42(31-27-39)50-52-49(41-16-8-3-9-17-41)53-51(54-50)48-43(32-33-46-47(48)44-18-10-11-19-45(44)55-46)40-28-24-37(25-29-40)35-14-6-2-7-15-35/h1-12,14-34H,13H2. The molecule has 4 nitrogen and oxygen atoms in total. The molecule has 10 rings (SSSR count). The molecular weight excluding hydrogens is 671 g/mol. The van der Waals surface area contributed by atoms with E-state index in [2.05, 4.69) is 146 Å². The van der Waals surface area contributed by atoms with Gasteiger partial charge in [0.2, 0.25) is 0 Å². The molecule has 1 aliphatic carbocycles. The van der Waals surface area contributed by atoms with Gasteiger partial charge >= 0.3 is 0 Å². The number of allylic oxidation sites excluding steroid dienone is 4. The number of furan rings is 1. The summed E-state index contributed by atoms with van der Waals surface area (Å²) in [6, 6.07) is 59.2. The molecule has 4 heteroatoms. The van der Waals surface area contributed by atoms with E-state index in [1.54, 1.807) is 0 Å². The Labute approximate surface area is 319 Å². The topological polar surface area (TPSA) is 51.8 Å². The molecule has 55 heavy (non-hydrogen) atoms. The van der Waals surface area contributed by atoms with Crippen molar-refractivity contribution < 1.29 is 4.42 Å². The molecule has 0 saturated carbocycles. The third-order valence-corrected chi connectivity index (χ3v) is 10.5. The maximum atomic E-state index is 6.43. The van der Waals surface area contributed by atoms with E-state index in [1.807, 2.05) is 48.5 Å². The fraction of sp³-hybridized carbons (Fsp3) is 0.0392. The predicted octanol–water partition coefficient (Wildman–Crippen LogP) is 13.4. The second-order valence-electron chi connectivity index (χ2n) is 13.9. The van der Waals surface area contributed by atoms with Gasteiger partial charge in [0.1, 0.15) is 11.2 Å². The second kappa shape index (κ2) is 14.0. The van der Waals surface area contributed by atoms with Crippen LogP contribution in [0.25, 0.3) is 89.5 Å². The van der Waals surface area contributed by atoms with E-state index in [0.717, 1.165) is 67.3 Å². The van der Waals surface area contributed by atoms with E-state index in [0.29, 0.717) is 23.4 Å². The molecule has 0 bridgehead atoms. The van der Waals surface area contributed by atoms with Gasteiger partial charge in [0.15, 0.2) is 17.5 Å². The Morgan fingerprint density at radius 1 is 0.418 bits per heavy atom. The molecule has 1 aliphatic rings. The highest BCUT2D eigenvalue weighted by Crippen LogP contribution is 2.43. The normalized spacial score (nSPS) is 13.8. The lowest BCUT2D eigenvalue weighted by molar-refractivity contribution is 0.669. The summed E-state index contributed by atoms with van der Waals surface area (Å²) in [6.45, 7) is 0. The zero-order valence-electron chi connectivity index (χ0n) is 30.0. The van der Waals surface area contributed by atoms with E-state index < -0.39 is 0 Å². The monoisotopic (exact) mass is 705 g/mol. The van der Waals surface area contributed by atoms with E-state index >= 15 is 0 Å². The molecule has 1 unspecified atom stereocenters. The van der Waals surface area contributed by atoms with Crippen molar-refractivity contribution in [2.45, 2.75) is 12.3 Å². The van der Waals surface area contributed by atoms with Crippen molar-refractivity contribution in [3.8, 4) is 67.5 Å². The largest absolute Gasteiger partial charge is 0.456 e. The van der Waals surface area contributed by atoms with Gasteiger partial charge in [-0.1, -0.05) is 176 Å². The SMILES string of the molecule is C1=CCC(c2ccc(-c3ccc(-c4nc(-c5ccccc5)nc(-c5c(-c6ccc(-c7ccccc7)cc6)ccc6oc7ccccc7c56)n4)cc3)cc2)C=C1. The van der Waals surface area contributed by atoms with Crippen molar-refractivity contribution in [1.29, 1.82) is 0 Å². The van der Waals surface area contributed by atoms with Gasteiger partial charge in [0.05, 0.1) is 0 Å². The van der Waals surface area contributed by atoms with Crippen molar-refractivity contribution in [3.63, 3.8) is 0 Å². The first-order chi connectivity index (χ1) is 27.2. The number of para-hydroxylation sites is 1. The Kier molecular flexibility index (Phi) is 8.27. The van der Waals surface area contributed by atoms with Crippen molar-refractivity contribution in [2.75, 3.05) is 0 Å². The number of benzene rings is 7. The Morgan fingerprint density at radius 3 is 1.60 bits per heavy atom. The molecule has 260 valence electrons. The number of fused-ring (bicyclic) bond motifs is 3. The molecule has 0 N–H and O–H groups in total. The van der Waals surface area contributed by atoms with Crippen molar-refractivity contribution in [1.82, 2.24) is 15.0 Å². The minimum atomic E-state index is 0.429. The first kappa shape index (κ1) is 32.5. The van der Waals surface area contributed by atoms with E-state index in [9.17, 15) is 0 Å². The highest BCUT2D eigenvalue weighted by Gasteiger charge is 2.22. The predicted molar refractivity (Wildman–Crippen MR) is 225 cm³/mol. The van der Waals surface area contributed by atoms with Gasteiger partial charge in [-0.05, 0) is 63.6 Å². The maximum Gasteiger partial charge on any atom is 0.165 e. The summed E-state index contributed by atoms with van der Waals surface area (Å²) in [5.41, 5.74) is 12.4. The third-order valence-electron chi connectivity index (χ3n) is 10.5. The van der Waals surface area contributed by atoms with Crippen LogP contribution in [0.2, 0.25) is 0 Å². The van der Waals surface area contributed by atoms with Crippen LogP contribution in [0.1, 0.15) is 17.9 Å². The van der Waals surface area contributed by atoms with Gasteiger partial charge < -0.3 is 4.42 Å². The molecule has 0 amide bonds. The van der Waals surface area contributed by atoms with Crippen LogP contribution >= 0.6 is 0 Å². The van der Waals surface area contributed by atoms with Gasteiger partial charge in [-0.3, -0.25) is 0 Å². The van der Waals surface area contributed by atoms with Crippen LogP contribution < -0.4 is 0 Å². The summed E-state index contributed by atoms with van der Waals surface area (Å²) in [4.78, 5) is 15.6. The average molecular weight is 706 g/mol. The van der Waals surface area contributed by atoms with Gasteiger partial charge in [0.25, 0.3) is 0 Å². The van der Waals surface area contributed by atoms with Crippen molar-refractivity contribution in [3.05, 3.63) is 200 Å². The first-order valence-corrected chi connectivity index (χ1v) is 18.7. The molecule has 2 heterocycles. The molecular formula is C51H35N3O. The highest BCUT2D eigenvalue weighted by atomic mass is 16.3. The lowest BCUT2D eigenvalue weighted by Crippen LogP contribution is -2.01. The summed E-state index contributed by atoms with van der Waals surface area (Å²) in [7, 11) is 0. The summed E-state index contributed by atoms with van der Waals surface area (Å²) in [5, 5.41) is 2.00. The van der Waals surface area contributed by atoms with Crippen LogP contribution in [0.3, 0.4) is 0 Å². The van der Waals surface area contributed by atoms with Gasteiger partial charge in [-0.15, -0.1) is 0 Å². The van der Waals surface area contributed by atoms with Crippen molar-refractivity contribution in [2.24, 2.45) is 0 Å². The number of rotatable bonds is 7. The number of aromatic nitrogens is 3. The molecule has 7 aromatic carbocycles. The Morgan fingerprint density at radius 2 is 0.945 bits per heavy atom. The van der Waals surface area contributed by atoms with E-state index in [-0.39, 0.29) is 0 Å². The van der Waals surface area contributed by atoms with Crippen LogP contribution in [-0.4, -0.2) is 15.0 Å². The fourth-order valence-corrected chi connectivity index (χ4v) is 7.66. The van der Waals surface area contributed by atoms with Gasteiger partial charge in [-0.2, -0.15) is 0 Å². The highest BCUT2D eigenvalue weighted by molar-refractivity contribution is 6.15. The Bertz CT molecular complexity index is 2850. The minimum absolute atomic E-state index is 0.429. The van der Waals surface area contributed by atoms with Crippen LogP contribution in [0, 0.1) is 0 Å². The summed E-state index contributed by atoms with van der Waals surface area (Å²) < 4.78 is 6.43. The number of hydrogen-bond acceptors (Lipinski definition) is 4. The summed E-state index contributed by atoms with van der Waals surface area (Å²) >= 11 is 0. The zero-order valence-corrected chi connectivity index (χ0v) is 30.0. The molecule has 0 aliphatic heterocycles. The molecule has 9 aromatic rings. The summed E-state index contributed by atoms with van der Waals surface area (Å²) in [6.07, 6.45) is 9.80. The Balaban J connectivity index is 1.12. The van der Waals surface area contributed by atoms with Crippen LogP contribution in [0.15, 0.2) is 199 Å². The van der Waals surface area contributed by atoms with Gasteiger partial charge in [0, 0.05) is 33.4 Å². The molecule has 2 aromatic heterocycles. The smallest absolute Gasteiger partial charge is 0.165 e. The molecule has 1 atom stereocenters. The molecule has 0 spiro atoms.